The smallest absolute Gasteiger partial charge is 0.163 e. The monoisotopic (exact) mass is 258 g/mol. The molecular formula is C15H18N2O2. The van der Waals surface area contributed by atoms with Gasteiger partial charge in [0.2, 0.25) is 0 Å². The van der Waals surface area contributed by atoms with Crippen molar-refractivity contribution in [3.8, 4) is 5.75 Å². The average molecular weight is 258 g/mol. The molecule has 0 saturated heterocycles. The lowest BCUT2D eigenvalue weighted by Gasteiger charge is -2.06. The van der Waals surface area contributed by atoms with Gasteiger partial charge in [-0.05, 0) is 42.7 Å². The van der Waals surface area contributed by atoms with Crippen LogP contribution in [0.5, 0.6) is 5.75 Å². The highest BCUT2D eigenvalue weighted by atomic mass is 16.5. The molecule has 0 amide bonds. The van der Waals surface area contributed by atoms with E-state index in [0.29, 0.717) is 6.42 Å². The number of rotatable bonds is 5. The second kappa shape index (κ2) is 5.69. The van der Waals surface area contributed by atoms with Crippen molar-refractivity contribution in [3.05, 3.63) is 47.3 Å². The number of ketones is 1. The van der Waals surface area contributed by atoms with Crippen LogP contribution in [0.1, 0.15) is 27.9 Å². The molecule has 4 nitrogen and oxygen atoms in total. The van der Waals surface area contributed by atoms with E-state index in [1.54, 1.807) is 18.0 Å². The van der Waals surface area contributed by atoms with E-state index in [2.05, 4.69) is 5.10 Å². The second-order valence-corrected chi connectivity index (χ2v) is 4.63. The zero-order valence-electron chi connectivity index (χ0n) is 11.5. The fourth-order valence-corrected chi connectivity index (χ4v) is 2.06. The molecular weight excluding hydrogens is 240 g/mol. The number of aromatic nitrogens is 2. The van der Waals surface area contributed by atoms with Crippen molar-refractivity contribution in [2.24, 2.45) is 7.05 Å². The van der Waals surface area contributed by atoms with Crippen LogP contribution in [0.3, 0.4) is 0 Å². The Hall–Kier alpha value is -2.10. The summed E-state index contributed by atoms with van der Waals surface area (Å²) in [6.45, 7) is 1.94. The van der Waals surface area contributed by atoms with E-state index in [-0.39, 0.29) is 5.78 Å². The number of nitrogens with zero attached hydrogens (tertiary/aromatic N) is 2. The standard InChI is InChI=1S/C15H18N2O2/c1-11-8-13(5-7-15(11)19-3)14(18)6-4-12-9-16-17(2)10-12/h5,7-10H,4,6H2,1-3H3. The van der Waals surface area contributed by atoms with Gasteiger partial charge in [0, 0.05) is 25.2 Å². The van der Waals surface area contributed by atoms with Crippen molar-refractivity contribution < 1.29 is 9.53 Å². The van der Waals surface area contributed by atoms with E-state index in [0.717, 1.165) is 28.9 Å². The summed E-state index contributed by atoms with van der Waals surface area (Å²) in [5.74, 6) is 0.957. The second-order valence-electron chi connectivity index (χ2n) is 4.63. The van der Waals surface area contributed by atoms with Crippen LogP contribution in [0.25, 0.3) is 0 Å². The van der Waals surface area contributed by atoms with E-state index in [9.17, 15) is 4.79 Å². The molecule has 0 aliphatic heterocycles. The van der Waals surface area contributed by atoms with Crippen LogP contribution in [0, 0.1) is 6.92 Å². The van der Waals surface area contributed by atoms with E-state index >= 15 is 0 Å². The maximum atomic E-state index is 12.1. The molecule has 0 spiro atoms. The third-order valence-corrected chi connectivity index (χ3v) is 3.12. The molecule has 19 heavy (non-hydrogen) atoms. The number of hydrogen-bond acceptors (Lipinski definition) is 3. The van der Waals surface area contributed by atoms with Gasteiger partial charge in [-0.15, -0.1) is 0 Å². The molecule has 100 valence electrons. The quantitative estimate of drug-likeness (QED) is 0.774. The highest BCUT2D eigenvalue weighted by molar-refractivity contribution is 5.96. The summed E-state index contributed by atoms with van der Waals surface area (Å²) in [6, 6.07) is 5.54. The fraction of sp³-hybridized carbons (Fsp3) is 0.333. The van der Waals surface area contributed by atoms with Gasteiger partial charge in [-0.3, -0.25) is 9.48 Å². The van der Waals surface area contributed by atoms with Crippen LogP contribution in [-0.2, 0) is 13.5 Å². The van der Waals surface area contributed by atoms with Gasteiger partial charge in [0.05, 0.1) is 13.3 Å². The van der Waals surface area contributed by atoms with Gasteiger partial charge >= 0.3 is 0 Å². The molecule has 1 aromatic heterocycles. The summed E-state index contributed by atoms with van der Waals surface area (Å²) < 4.78 is 6.94. The summed E-state index contributed by atoms with van der Waals surface area (Å²) in [5, 5.41) is 4.09. The Morgan fingerprint density at radius 2 is 2.21 bits per heavy atom. The van der Waals surface area contributed by atoms with Gasteiger partial charge in [-0.2, -0.15) is 5.10 Å². The van der Waals surface area contributed by atoms with E-state index in [4.69, 9.17) is 4.74 Å². The van der Waals surface area contributed by atoms with Crippen molar-refractivity contribution in [2.75, 3.05) is 7.11 Å². The van der Waals surface area contributed by atoms with Crippen LogP contribution in [-0.4, -0.2) is 22.7 Å². The van der Waals surface area contributed by atoms with Gasteiger partial charge in [0.25, 0.3) is 0 Å². The minimum absolute atomic E-state index is 0.148. The summed E-state index contributed by atoms with van der Waals surface area (Å²) >= 11 is 0. The van der Waals surface area contributed by atoms with Gasteiger partial charge in [0.1, 0.15) is 5.75 Å². The minimum Gasteiger partial charge on any atom is -0.496 e. The molecule has 0 radical (unpaired) electrons. The molecule has 0 bridgehead atoms. The molecule has 0 saturated carbocycles. The van der Waals surface area contributed by atoms with Crippen LogP contribution >= 0.6 is 0 Å². The van der Waals surface area contributed by atoms with Gasteiger partial charge in [-0.1, -0.05) is 0 Å². The molecule has 0 atom stereocenters. The summed E-state index contributed by atoms with van der Waals surface area (Å²) in [4.78, 5) is 12.1. The molecule has 2 aromatic rings. The van der Waals surface area contributed by atoms with Gasteiger partial charge < -0.3 is 4.74 Å². The highest BCUT2D eigenvalue weighted by Gasteiger charge is 2.09. The largest absolute Gasteiger partial charge is 0.496 e. The Kier molecular flexibility index (Phi) is 4.00. The Morgan fingerprint density at radius 3 is 2.79 bits per heavy atom. The van der Waals surface area contributed by atoms with Crippen LogP contribution in [0.2, 0.25) is 0 Å². The Bertz CT molecular complexity index is 588. The maximum absolute atomic E-state index is 12.1. The predicted molar refractivity (Wildman–Crippen MR) is 73.6 cm³/mol. The third-order valence-electron chi connectivity index (χ3n) is 3.12. The van der Waals surface area contributed by atoms with E-state index < -0.39 is 0 Å². The fourth-order valence-electron chi connectivity index (χ4n) is 2.06. The van der Waals surface area contributed by atoms with Gasteiger partial charge in [-0.25, -0.2) is 0 Å². The minimum atomic E-state index is 0.148. The Balaban J connectivity index is 2.01. The number of carbonyl (C=O) groups is 1. The Labute approximate surface area is 113 Å². The van der Waals surface area contributed by atoms with Crippen LogP contribution in [0.4, 0.5) is 0 Å². The van der Waals surface area contributed by atoms with E-state index in [1.807, 2.05) is 38.4 Å². The van der Waals surface area contributed by atoms with Crippen molar-refractivity contribution in [3.63, 3.8) is 0 Å². The van der Waals surface area contributed by atoms with E-state index in [1.165, 1.54) is 0 Å². The molecule has 0 aliphatic rings. The zero-order valence-corrected chi connectivity index (χ0v) is 11.5. The molecule has 4 heteroatoms. The van der Waals surface area contributed by atoms with Crippen molar-refractivity contribution in [1.29, 1.82) is 0 Å². The van der Waals surface area contributed by atoms with Gasteiger partial charge in [0.15, 0.2) is 5.78 Å². The molecule has 1 heterocycles. The molecule has 1 aromatic carbocycles. The lowest BCUT2D eigenvalue weighted by Crippen LogP contribution is -2.02. The first-order chi connectivity index (χ1) is 9.10. The molecule has 0 aliphatic carbocycles. The lowest BCUT2D eigenvalue weighted by atomic mass is 10.0. The number of aryl methyl sites for hydroxylation is 3. The molecule has 0 N–H and O–H groups in total. The summed E-state index contributed by atoms with van der Waals surface area (Å²) in [7, 11) is 3.50. The SMILES string of the molecule is COc1ccc(C(=O)CCc2cnn(C)c2)cc1C. The lowest BCUT2D eigenvalue weighted by molar-refractivity contribution is 0.0982. The number of methoxy groups -OCH3 is 1. The third kappa shape index (κ3) is 3.22. The molecule has 0 unspecified atom stereocenters. The van der Waals surface area contributed by atoms with Crippen LogP contribution < -0.4 is 4.74 Å². The first-order valence-electron chi connectivity index (χ1n) is 6.25. The summed E-state index contributed by atoms with van der Waals surface area (Å²) in [5.41, 5.74) is 2.80. The maximum Gasteiger partial charge on any atom is 0.163 e. The summed E-state index contributed by atoms with van der Waals surface area (Å²) in [6.07, 6.45) is 4.95. The number of carbonyl (C=O) groups excluding carboxylic acids is 1. The number of Topliss-reactive ketones (excluding diaryl/α,β-unsaturated/α-hetero) is 1. The zero-order chi connectivity index (χ0) is 13.8. The van der Waals surface area contributed by atoms with Crippen molar-refractivity contribution >= 4 is 5.78 Å². The number of hydrogen-bond donors (Lipinski definition) is 0. The first-order valence-corrected chi connectivity index (χ1v) is 6.25. The highest BCUT2D eigenvalue weighted by Crippen LogP contribution is 2.19. The topological polar surface area (TPSA) is 44.1 Å². The average Bonchev–Trinajstić information content (AvgIpc) is 2.81. The normalized spacial score (nSPS) is 10.5. The predicted octanol–water partition coefficient (Wildman–Crippen LogP) is 2.55. The van der Waals surface area contributed by atoms with Crippen LogP contribution in [0.15, 0.2) is 30.6 Å². The number of benzene rings is 1. The van der Waals surface area contributed by atoms with Crippen molar-refractivity contribution in [2.45, 2.75) is 19.8 Å². The van der Waals surface area contributed by atoms with Crippen molar-refractivity contribution in [1.82, 2.24) is 9.78 Å². The first kappa shape index (κ1) is 13.3. The number of ether oxygens (including phenoxy) is 1. The molecule has 2 rings (SSSR count). The molecule has 0 fully saturated rings. The Morgan fingerprint density at radius 1 is 1.42 bits per heavy atom.